The van der Waals surface area contributed by atoms with Crippen LogP contribution in [0.4, 0.5) is 0 Å². The number of hydrogen-bond donors (Lipinski definition) is 0. The van der Waals surface area contributed by atoms with E-state index in [2.05, 4.69) is 52.0 Å². The Hall–Kier alpha value is -2.14. The van der Waals surface area contributed by atoms with E-state index in [9.17, 15) is 0 Å². The Morgan fingerprint density at radius 3 is 2.67 bits per heavy atom. The number of nitrogens with zero attached hydrogens (tertiary/aromatic N) is 5. The van der Waals surface area contributed by atoms with Crippen molar-refractivity contribution in [2.45, 2.75) is 38.3 Å². The molecule has 0 bridgehead atoms. The molecule has 3 heterocycles. The standard InChI is InChI=1S/C19H23N5/c1-13-15(9-22(2)21-13)10-23-11-16(12-23)24-18-6-4-3-5-17(18)20-19(24)14-7-8-14/h3-6,9,14,16H,7-8,10-12H2,1-2H3. The second-order valence-electron chi connectivity index (χ2n) is 7.36. The number of hydrogen-bond acceptors (Lipinski definition) is 3. The normalized spacial score (nSPS) is 19.1. The number of rotatable bonds is 4. The van der Waals surface area contributed by atoms with Crippen LogP contribution in [0.1, 0.15) is 41.9 Å². The maximum atomic E-state index is 4.94. The van der Waals surface area contributed by atoms with Crippen molar-refractivity contribution >= 4 is 11.0 Å². The molecule has 1 aliphatic carbocycles. The fraction of sp³-hybridized carbons (Fsp3) is 0.474. The summed E-state index contributed by atoms with van der Waals surface area (Å²) in [6, 6.07) is 9.15. The van der Waals surface area contributed by atoms with Gasteiger partial charge in [-0.2, -0.15) is 5.10 Å². The molecule has 2 aromatic heterocycles. The second kappa shape index (κ2) is 5.18. The van der Waals surface area contributed by atoms with Gasteiger partial charge in [-0.1, -0.05) is 12.1 Å². The van der Waals surface area contributed by atoms with Gasteiger partial charge in [0.25, 0.3) is 0 Å². The van der Waals surface area contributed by atoms with Crippen LogP contribution in [0.15, 0.2) is 30.5 Å². The lowest BCUT2D eigenvalue weighted by Crippen LogP contribution is -2.47. The lowest BCUT2D eigenvalue weighted by atomic mass is 10.1. The van der Waals surface area contributed by atoms with E-state index in [1.165, 1.54) is 29.7 Å². The Morgan fingerprint density at radius 2 is 1.96 bits per heavy atom. The van der Waals surface area contributed by atoms with Crippen LogP contribution < -0.4 is 0 Å². The van der Waals surface area contributed by atoms with E-state index < -0.39 is 0 Å². The second-order valence-corrected chi connectivity index (χ2v) is 7.36. The van der Waals surface area contributed by atoms with Crippen LogP contribution in [-0.2, 0) is 13.6 Å². The highest BCUT2D eigenvalue weighted by Gasteiger charge is 2.36. The highest BCUT2D eigenvalue weighted by molar-refractivity contribution is 5.76. The summed E-state index contributed by atoms with van der Waals surface area (Å²) in [5.74, 6) is 2.01. The van der Waals surface area contributed by atoms with E-state index in [0.29, 0.717) is 12.0 Å². The van der Waals surface area contributed by atoms with E-state index in [0.717, 1.165) is 30.8 Å². The molecular weight excluding hydrogens is 298 g/mol. The Balaban J connectivity index is 1.38. The highest BCUT2D eigenvalue weighted by Crippen LogP contribution is 2.43. The summed E-state index contributed by atoms with van der Waals surface area (Å²) >= 11 is 0. The van der Waals surface area contributed by atoms with Crippen molar-refractivity contribution in [2.75, 3.05) is 13.1 Å². The third-order valence-corrected chi connectivity index (χ3v) is 5.38. The van der Waals surface area contributed by atoms with Crippen molar-refractivity contribution < 1.29 is 0 Å². The molecule has 1 aromatic carbocycles. The monoisotopic (exact) mass is 321 g/mol. The fourth-order valence-corrected chi connectivity index (χ4v) is 3.96. The average Bonchev–Trinajstić information content (AvgIpc) is 3.23. The molecule has 0 N–H and O–H groups in total. The number of aromatic nitrogens is 4. The highest BCUT2D eigenvalue weighted by atomic mass is 15.3. The number of aryl methyl sites for hydroxylation is 2. The van der Waals surface area contributed by atoms with E-state index in [-0.39, 0.29) is 0 Å². The first-order valence-electron chi connectivity index (χ1n) is 8.87. The predicted octanol–water partition coefficient (Wildman–Crippen LogP) is 3.01. The summed E-state index contributed by atoms with van der Waals surface area (Å²) < 4.78 is 4.44. The quantitative estimate of drug-likeness (QED) is 0.741. The largest absolute Gasteiger partial charge is 0.322 e. The number of imidazole rings is 1. The number of para-hydroxylation sites is 2. The minimum absolute atomic E-state index is 0.560. The van der Waals surface area contributed by atoms with Crippen LogP contribution in [0.3, 0.4) is 0 Å². The predicted molar refractivity (Wildman–Crippen MR) is 94.0 cm³/mol. The van der Waals surface area contributed by atoms with E-state index >= 15 is 0 Å². The van der Waals surface area contributed by atoms with Crippen molar-refractivity contribution in [3.63, 3.8) is 0 Å². The van der Waals surface area contributed by atoms with Gasteiger partial charge < -0.3 is 4.57 Å². The lowest BCUT2D eigenvalue weighted by Gasteiger charge is -2.41. The molecule has 5 rings (SSSR count). The zero-order valence-corrected chi connectivity index (χ0v) is 14.3. The smallest absolute Gasteiger partial charge is 0.113 e. The Bertz CT molecular complexity index is 896. The molecule has 0 radical (unpaired) electrons. The Kier molecular flexibility index (Phi) is 3.07. The molecule has 2 aliphatic rings. The summed E-state index contributed by atoms with van der Waals surface area (Å²) in [6.07, 6.45) is 4.74. The van der Waals surface area contributed by atoms with Gasteiger partial charge in [0, 0.05) is 44.4 Å². The lowest BCUT2D eigenvalue weighted by molar-refractivity contribution is 0.0992. The molecule has 1 saturated carbocycles. The van der Waals surface area contributed by atoms with Gasteiger partial charge in [-0.3, -0.25) is 9.58 Å². The summed E-state index contributed by atoms with van der Waals surface area (Å²) in [4.78, 5) is 7.45. The van der Waals surface area contributed by atoms with Gasteiger partial charge >= 0.3 is 0 Å². The summed E-state index contributed by atoms with van der Waals surface area (Å²) in [7, 11) is 1.99. The van der Waals surface area contributed by atoms with Gasteiger partial charge in [0.2, 0.25) is 0 Å². The van der Waals surface area contributed by atoms with Crippen LogP contribution in [0.2, 0.25) is 0 Å². The first-order chi connectivity index (χ1) is 11.7. The summed E-state index contributed by atoms with van der Waals surface area (Å²) in [6.45, 7) is 5.31. The first kappa shape index (κ1) is 14.2. The van der Waals surface area contributed by atoms with Gasteiger partial charge in [-0.15, -0.1) is 0 Å². The molecule has 0 atom stereocenters. The SMILES string of the molecule is Cc1nn(C)cc1CN1CC(n2c(C3CC3)nc3ccccc32)C1. The van der Waals surface area contributed by atoms with Crippen molar-refractivity contribution in [2.24, 2.45) is 7.05 Å². The van der Waals surface area contributed by atoms with Crippen LogP contribution >= 0.6 is 0 Å². The van der Waals surface area contributed by atoms with Crippen LogP contribution in [0, 0.1) is 6.92 Å². The third-order valence-electron chi connectivity index (χ3n) is 5.38. The van der Waals surface area contributed by atoms with Gasteiger partial charge in [-0.05, 0) is 31.9 Å². The van der Waals surface area contributed by atoms with Crippen LogP contribution in [0.5, 0.6) is 0 Å². The molecular formula is C19H23N5. The molecule has 5 heteroatoms. The van der Waals surface area contributed by atoms with Crippen molar-refractivity contribution in [1.82, 2.24) is 24.2 Å². The van der Waals surface area contributed by atoms with E-state index in [1.54, 1.807) is 0 Å². The first-order valence-corrected chi connectivity index (χ1v) is 8.87. The summed E-state index contributed by atoms with van der Waals surface area (Å²) in [5.41, 5.74) is 4.95. The molecule has 24 heavy (non-hydrogen) atoms. The molecule has 0 spiro atoms. The van der Waals surface area contributed by atoms with Crippen LogP contribution in [-0.4, -0.2) is 37.3 Å². The molecule has 2 fully saturated rings. The minimum atomic E-state index is 0.560. The molecule has 0 unspecified atom stereocenters. The molecule has 3 aromatic rings. The zero-order chi connectivity index (χ0) is 16.3. The molecule has 1 saturated heterocycles. The maximum Gasteiger partial charge on any atom is 0.113 e. The zero-order valence-electron chi connectivity index (χ0n) is 14.3. The minimum Gasteiger partial charge on any atom is -0.322 e. The van der Waals surface area contributed by atoms with E-state index in [1.807, 2.05) is 11.7 Å². The maximum absolute atomic E-state index is 4.94. The molecule has 124 valence electrons. The number of likely N-dealkylation sites (tertiary alicyclic amines) is 1. The number of fused-ring (bicyclic) bond motifs is 1. The molecule has 5 nitrogen and oxygen atoms in total. The molecule has 0 amide bonds. The number of benzene rings is 1. The molecule has 1 aliphatic heterocycles. The summed E-state index contributed by atoms with van der Waals surface area (Å²) in [5, 5.41) is 4.45. The van der Waals surface area contributed by atoms with E-state index in [4.69, 9.17) is 4.98 Å². The van der Waals surface area contributed by atoms with Crippen molar-refractivity contribution in [3.05, 3.63) is 47.5 Å². The fourth-order valence-electron chi connectivity index (χ4n) is 3.96. The van der Waals surface area contributed by atoms with Gasteiger partial charge in [0.05, 0.1) is 22.8 Å². The van der Waals surface area contributed by atoms with Gasteiger partial charge in [0.15, 0.2) is 0 Å². The Morgan fingerprint density at radius 1 is 1.17 bits per heavy atom. The van der Waals surface area contributed by atoms with Crippen molar-refractivity contribution in [1.29, 1.82) is 0 Å². The topological polar surface area (TPSA) is 38.9 Å². The third kappa shape index (κ3) is 2.26. The average molecular weight is 321 g/mol. The van der Waals surface area contributed by atoms with Gasteiger partial charge in [0.1, 0.15) is 5.82 Å². The van der Waals surface area contributed by atoms with Crippen LogP contribution in [0.25, 0.3) is 11.0 Å². The Labute approximate surface area is 141 Å². The van der Waals surface area contributed by atoms with Crippen molar-refractivity contribution in [3.8, 4) is 0 Å². The van der Waals surface area contributed by atoms with Gasteiger partial charge in [-0.25, -0.2) is 4.98 Å².